The maximum Gasteiger partial charge on any atom is 0.287 e. The first-order valence-electron chi connectivity index (χ1n) is 10.8. The van der Waals surface area contributed by atoms with E-state index in [-0.39, 0.29) is 17.6 Å². The average Bonchev–Trinajstić information content (AvgIpc) is 3.54. The zero-order valence-corrected chi connectivity index (χ0v) is 18.0. The van der Waals surface area contributed by atoms with Crippen molar-refractivity contribution in [3.63, 3.8) is 0 Å². The van der Waals surface area contributed by atoms with Crippen LogP contribution in [0.3, 0.4) is 0 Å². The molecule has 1 fully saturated rings. The summed E-state index contributed by atoms with van der Waals surface area (Å²) in [5.74, 6) is 0.765. The number of nitrogens with one attached hydrogen (secondary N) is 3. The summed E-state index contributed by atoms with van der Waals surface area (Å²) in [4.78, 5) is 29.5. The van der Waals surface area contributed by atoms with Crippen LogP contribution in [0.15, 0.2) is 47.1 Å². The van der Waals surface area contributed by atoms with E-state index in [0.29, 0.717) is 23.8 Å². The van der Waals surface area contributed by atoms with Crippen molar-refractivity contribution in [2.75, 3.05) is 7.05 Å². The van der Waals surface area contributed by atoms with Crippen LogP contribution in [0.5, 0.6) is 5.75 Å². The molecule has 0 aromatic carbocycles. The van der Waals surface area contributed by atoms with Gasteiger partial charge in [-0.15, -0.1) is 0 Å². The van der Waals surface area contributed by atoms with Gasteiger partial charge in [0.15, 0.2) is 11.5 Å². The molecule has 4 rings (SSSR count). The van der Waals surface area contributed by atoms with E-state index in [4.69, 9.17) is 9.15 Å². The second-order valence-electron chi connectivity index (χ2n) is 7.88. The lowest BCUT2D eigenvalue weighted by atomic mass is 9.83. The molecule has 3 heterocycles. The summed E-state index contributed by atoms with van der Waals surface area (Å²) in [6.45, 7) is 0.361. The Hall–Kier alpha value is -3.62. The molecule has 3 N–H and O–H groups in total. The Bertz CT molecular complexity index is 1020. The molecule has 0 unspecified atom stereocenters. The molecule has 9 nitrogen and oxygen atoms in total. The van der Waals surface area contributed by atoms with Crippen LogP contribution in [-0.2, 0) is 11.4 Å². The largest absolute Gasteiger partial charge is 0.486 e. The van der Waals surface area contributed by atoms with Crippen molar-refractivity contribution < 1.29 is 18.7 Å². The number of aromatic nitrogens is 3. The topological polar surface area (TPSA) is 122 Å². The third-order valence-electron chi connectivity index (χ3n) is 5.71. The number of ether oxygens (including phenoxy) is 1. The van der Waals surface area contributed by atoms with Crippen molar-refractivity contribution in [2.45, 2.75) is 44.8 Å². The number of amides is 2. The second kappa shape index (κ2) is 10.1. The van der Waals surface area contributed by atoms with E-state index in [1.54, 1.807) is 43.7 Å². The number of H-pyrrole nitrogens is 1. The van der Waals surface area contributed by atoms with Crippen molar-refractivity contribution in [3.05, 3.63) is 54.2 Å². The molecule has 9 heteroatoms. The number of carbonyl (C=O) groups is 2. The van der Waals surface area contributed by atoms with Gasteiger partial charge in [0, 0.05) is 13.2 Å². The van der Waals surface area contributed by atoms with Gasteiger partial charge in [-0.1, -0.05) is 19.3 Å². The Balaban J connectivity index is 1.39. The Morgan fingerprint density at radius 2 is 2.03 bits per heavy atom. The van der Waals surface area contributed by atoms with Gasteiger partial charge in [-0.3, -0.25) is 14.7 Å². The van der Waals surface area contributed by atoms with E-state index in [1.807, 2.05) is 6.07 Å². The molecule has 0 radical (unpaired) electrons. The minimum Gasteiger partial charge on any atom is -0.486 e. The number of aromatic amines is 1. The molecule has 32 heavy (non-hydrogen) atoms. The number of pyridine rings is 1. The zero-order valence-electron chi connectivity index (χ0n) is 18.0. The van der Waals surface area contributed by atoms with Gasteiger partial charge >= 0.3 is 0 Å². The minimum atomic E-state index is -0.564. The summed E-state index contributed by atoms with van der Waals surface area (Å²) in [5.41, 5.74) is 1.44. The Morgan fingerprint density at radius 1 is 1.19 bits per heavy atom. The summed E-state index contributed by atoms with van der Waals surface area (Å²) in [7, 11) is 1.59. The number of hydrogen-bond donors (Lipinski definition) is 3. The molecule has 2 amide bonds. The van der Waals surface area contributed by atoms with Crippen molar-refractivity contribution in [1.82, 2.24) is 25.8 Å². The van der Waals surface area contributed by atoms with E-state index >= 15 is 0 Å². The molecule has 168 valence electrons. The highest BCUT2D eigenvalue weighted by molar-refractivity contribution is 5.96. The normalized spacial score (nSPS) is 15.2. The first kappa shape index (κ1) is 21.6. The molecular weight excluding hydrogens is 410 g/mol. The van der Waals surface area contributed by atoms with Crippen molar-refractivity contribution in [1.29, 1.82) is 0 Å². The van der Waals surface area contributed by atoms with Crippen LogP contribution >= 0.6 is 0 Å². The molecule has 1 saturated carbocycles. The lowest BCUT2D eigenvalue weighted by Crippen LogP contribution is -2.50. The first-order valence-corrected chi connectivity index (χ1v) is 10.8. The van der Waals surface area contributed by atoms with E-state index in [1.165, 1.54) is 6.42 Å². The smallest absolute Gasteiger partial charge is 0.287 e. The van der Waals surface area contributed by atoms with Crippen LogP contribution in [0, 0.1) is 5.92 Å². The van der Waals surface area contributed by atoms with E-state index in [0.717, 1.165) is 31.4 Å². The average molecular weight is 438 g/mol. The zero-order chi connectivity index (χ0) is 22.3. The highest BCUT2D eigenvalue weighted by Gasteiger charge is 2.31. The Kier molecular flexibility index (Phi) is 6.84. The van der Waals surface area contributed by atoms with Crippen LogP contribution in [0.25, 0.3) is 11.5 Å². The number of rotatable bonds is 8. The maximum atomic E-state index is 12.8. The van der Waals surface area contributed by atoms with Crippen LogP contribution in [0.2, 0.25) is 0 Å². The Morgan fingerprint density at radius 3 is 2.72 bits per heavy atom. The van der Waals surface area contributed by atoms with Crippen LogP contribution in [0.1, 0.15) is 48.4 Å². The fourth-order valence-corrected chi connectivity index (χ4v) is 3.97. The summed E-state index contributed by atoms with van der Waals surface area (Å²) >= 11 is 0. The number of likely N-dealkylation sites (N-methyl/N-ethyl adjacent to an activating group) is 1. The first-order chi connectivity index (χ1) is 15.6. The van der Waals surface area contributed by atoms with Gasteiger partial charge in [-0.25, -0.2) is 4.98 Å². The van der Waals surface area contributed by atoms with E-state index in [9.17, 15) is 9.59 Å². The summed E-state index contributed by atoms with van der Waals surface area (Å²) in [6, 6.07) is 8.10. The van der Waals surface area contributed by atoms with E-state index in [2.05, 4.69) is 25.8 Å². The molecule has 0 bridgehead atoms. The summed E-state index contributed by atoms with van der Waals surface area (Å²) in [6.07, 6.45) is 8.45. The van der Waals surface area contributed by atoms with Crippen LogP contribution in [0.4, 0.5) is 0 Å². The quantitative estimate of drug-likeness (QED) is 0.498. The van der Waals surface area contributed by atoms with Crippen molar-refractivity contribution >= 4 is 11.8 Å². The monoisotopic (exact) mass is 437 g/mol. The van der Waals surface area contributed by atoms with Gasteiger partial charge in [0.2, 0.25) is 5.91 Å². The maximum absolute atomic E-state index is 12.8. The molecule has 0 saturated heterocycles. The molecule has 3 aromatic heterocycles. The number of carbonyl (C=O) groups excluding carboxylic acids is 2. The molecule has 1 aliphatic carbocycles. The van der Waals surface area contributed by atoms with Crippen LogP contribution < -0.4 is 15.4 Å². The third-order valence-corrected chi connectivity index (χ3v) is 5.71. The van der Waals surface area contributed by atoms with Gasteiger partial charge < -0.3 is 19.8 Å². The minimum absolute atomic E-state index is 0.137. The highest BCUT2D eigenvalue weighted by atomic mass is 16.5. The number of hydrogen-bond acceptors (Lipinski definition) is 6. The summed E-state index contributed by atoms with van der Waals surface area (Å²) < 4.78 is 11.4. The third kappa shape index (κ3) is 5.16. The Labute approximate surface area is 186 Å². The predicted octanol–water partition coefficient (Wildman–Crippen LogP) is 3.07. The summed E-state index contributed by atoms with van der Waals surface area (Å²) in [5, 5.41) is 12.2. The fraction of sp³-hybridized carbons (Fsp3) is 0.391. The highest BCUT2D eigenvalue weighted by Crippen LogP contribution is 2.27. The molecule has 3 aromatic rings. The molecule has 1 aliphatic rings. The van der Waals surface area contributed by atoms with Gasteiger partial charge in [-0.05, 0) is 49.1 Å². The number of furan rings is 1. The SMILES string of the molecule is CNC(=O)[C@@H](NC(=O)c1ccc(-c2ccc(OCc3ccn[nH]3)cn2)o1)C1CCCCC1. The van der Waals surface area contributed by atoms with Gasteiger partial charge in [0.1, 0.15) is 24.1 Å². The second-order valence-corrected chi connectivity index (χ2v) is 7.88. The lowest BCUT2D eigenvalue weighted by molar-refractivity contribution is -0.124. The van der Waals surface area contributed by atoms with Gasteiger partial charge in [-0.2, -0.15) is 5.10 Å². The van der Waals surface area contributed by atoms with E-state index < -0.39 is 11.9 Å². The van der Waals surface area contributed by atoms with Crippen molar-refractivity contribution in [2.24, 2.45) is 5.92 Å². The molecular formula is C23H27N5O4. The molecule has 1 atom stereocenters. The molecule has 0 spiro atoms. The molecule has 0 aliphatic heterocycles. The van der Waals surface area contributed by atoms with Crippen LogP contribution in [-0.4, -0.2) is 40.1 Å². The number of nitrogens with zero attached hydrogens (tertiary/aromatic N) is 2. The van der Waals surface area contributed by atoms with Crippen molar-refractivity contribution in [3.8, 4) is 17.2 Å². The van der Waals surface area contributed by atoms with Gasteiger partial charge in [0.05, 0.1) is 11.9 Å². The van der Waals surface area contributed by atoms with Gasteiger partial charge in [0.25, 0.3) is 5.91 Å². The lowest BCUT2D eigenvalue weighted by Gasteiger charge is -2.29. The fourth-order valence-electron chi connectivity index (χ4n) is 3.97. The predicted molar refractivity (Wildman–Crippen MR) is 117 cm³/mol. The standard InChI is InChI=1S/C23H27N5O4/c1-24-23(30)21(15-5-3-2-4-6-15)27-22(29)20-10-9-19(32-20)18-8-7-17(13-25-18)31-14-16-11-12-26-28-16/h7-13,15,21H,2-6,14H2,1H3,(H,24,30)(H,26,28)(H,27,29)/t21-/m0/s1.